The molecule has 0 N–H and O–H groups in total. The van der Waals surface area contributed by atoms with Crippen LogP contribution in [0.5, 0.6) is 0 Å². The monoisotopic (exact) mass is 223 g/mol. The zero-order valence-electron chi connectivity index (χ0n) is 8.89. The molecular formula is C10H19F2NS. The van der Waals surface area contributed by atoms with E-state index < -0.39 is 5.92 Å². The highest BCUT2D eigenvalue weighted by atomic mass is 32.1. The molecule has 1 nitrogen and oxygen atoms in total. The average Bonchev–Trinajstić information content (AvgIpc) is 2.09. The zero-order chi connectivity index (χ0) is 10.8. The molecule has 0 aromatic heterocycles. The van der Waals surface area contributed by atoms with Crippen LogP contribution in [0.3, 0.4) is 0 Å². The van der Waals surface area contributed by atoms with Crippen molar-refractivity contribution in [1.29, 1.82) is 0 Å². The van der Waals surface area contributed by atoms with Gasteiger partial charge < -0.3 is 4.90 Å². The van der Waals surface area contributed by atoms with Crippen LogP contribution in [0.2, 0.25) is 0 Å². The summed E-state index contributed by atoms with van der Waals surface area (Å²) in [6.45, 7) is 6.14. The van der Waals surface area contributed by atoms with Crippen LogP contribution in [-0.2, 0) is 0 Å². The summed E-state index contributed by atoms with van der Waals surface area (Å²) in [6, 6.07) is 0. The first-order valence-corrected chi connectivity index (χ1v) is 5.69. The molecule has 0 aromatic rings. The molecule has 14 heavy (non-hydrogen) atoms. The lowest BCUT2D eigenvalue weighted by molar-refractivity contribution is -0.0594. The van der Waals surface area contributed by atoms with E-state index in [0.29, 0.717) is 13.1 Å². The summed E-state index contributed by atoms with van der Waals surface area (Å²) < 4.78 is 25.7. The second kappa shape index (κ2) is 4.35. The van der Waals surface area contributed by atoms with Crippen molar-refractivity contribution in [2.45, 2.75) is 32.6 Å². The lowest BCUT2D eigenvalue weighted by atomic mass is 9.94. The summed E-state index contributed by atoms with van der Waals surface area (Å²) in [6.07, 6.45) is 0.0191. The molecule has 0 bridgehead atoms. The van der Waals surface area contributed by atoms with E-state index in [1.165, 1.54) is 0 Å². The lowest BCUT2D eigenvalue weighted by Crippen LogP contribution is -2.44. The van der Waals surface area contributed by atoms with Crippen LogP contribution in [0.1, 0.15) is 26.7 Å². The van der Waals surface area contributed by atoms with Crippen LogP contribution in [0.4, 0.5) is 8.78 Å². The largest absolute Gasteiger partial charge is 0.302 e. The lowest BCUT2D eigenvalue weighted by Gasteiger charge is -2.36. The Morgan fingerprint density at radius 3 is 2.21 bits per heavy atom. The molecule has 0 aromatic carbocycles. The van der Waals surface area contributed by atoms with Gasteiger partial charge in [0.15, 0.2) is 0 Å². The number of thiol groups is 1. The average molecular weight is 223 g/mol. The predicted molar refractivity (Wildman–Crippen MR) is 58.3 cm³/mol. The highest BCUT2D eigenvalue weighted by Crippen LogP contribution is 2.29. The van der Waals surface area contributed by atoms with Crippen LogP contribution in [0, 0.1) is 5.41 Å². The number of hydrogen-bond acceptors (Lipinski definition) is 2. The van der Waals surface area contributed by atoms with Gasteiger partial charge in [-0.3, -0.25) is 0 Å². The van der Waals surface area contributed by atoms with Gasteiger partial charge >= 0.3 is 0 Å². The quantitative estimate of drug-likeness (QED) is 0.720. The molecule has 84 valence electrons. The van der Waals surface area contributed by atoms with Gasteiger partial charge in [-0.05, 0) is 11.2 Å². The summed E-state index contributed by atoms with van der Waals surface area (Å²) in [4.78, 5) is 2.12. The first-order valence-electron chi connectivity index (χ1n) is 5.06. The Kier molecular flexibility index (Phi) is 3.81. The maximum atomic E-state index is 12.9. The van der Waals surface area contributed by atoms with Gasteiger partial charge in [0.1, 0.15) is 0 Å². The molecule has 0 amide bonds. The van der Waals surface area contributed by atoms with Crippen LogP contribution in [0.15, 0.2) is 0 Å². The van der Waals surface area contributed by atoms with Crippen molar-refractivity contribution < 1.29 is 8.78 Å². The predicted octanol–water partition coefficient (Wildman–Crippen LogP) is 2.67. The van der Waals surface area contributed by atoms with Crippen molar-refractivity contribution in [3.63, 3.8) is 0 Å². The van der Waals surface area contributed by atoms with E-state index in [-0.39, 0.29) is 18.3 Å². The standard InChI is InChI=1S/C10H19F2NS/c1-9(2,8-14)7-13-5-3-10(11,12)4-6-13/h14H,3-8H2,1-2H3. The fraction of sp³-hybridized carbons (Fsp3) is 1.00. The minimum atomic E-state index is -2.43. The van der Waals surface area contributed by atoms with Gasteiger partial charge in [-0.15, -0.1) is 0 Å². The minimum Gasteiger partial charge on any atom is -0.302 e. The molecule has 0 atom stereocenters. The van der Waals surface area contributed by atoms with E-state index in [9.17, 15) is 8.78 Å². The number of nitrogens with zero attached hydrogens (tertiary/aromatic N) is 1. The highest BCUT2D eigenvalue weighted by Gasteiger charge is 2.35. The van der Waals surface area contributed by atoms with Gasteiger partial charge in [-0.2, -0.15) is 12.6 Å². The van der Waals surface area contributed by atoms with Gasteiger partial charge in [-0.1, -0.05) is 13.8 Å². The SMILES string of the molecule is CC(C)(CS)CN1CCC(F)(F)CC1. The Morgan fingerprint density at radius 2 is 1.79 bits per heavy atom. The second-order valence-corrected chi connectivity index (χ2v) is 5.27. The van der Waals surface area contributed by atoms with Crippen molar-refractivity contribution in [2.24, 2.45) is 5.41 Å². The molecule has 0 unspecified atom stereocenters. The maximum Gasteiger partial charge on any atom is 0.250 e. The summed E-state index contributed by atoms with van der Waals surface area (Å²) in [7, 11) is 0. The molecule has 1 aliphatic heterocycles. The van der Waals surface area contributed by atoms with E-state index in [1.807, 2.05) is 0 Å². The summed E-state index contributed by atoms with van der Waals surface area (Å²) >= 11 is 4.26. The molecule has 0 radical (unpaired) electrons. The normalized spacial score (nSPS) is 23.8. The molecule has 0 saturated carbocycles. The van der Waals surface area contributed by atoms with Gasteiger partial charge in [0.2, 0.25) is 0 Å². The molecule has 1 heterocycles. The molecule has 0 spiro atoms. The van der Waals surface area contributed by atoms with E-state index in [2.05, 4.69) is 31.4 Å². The van der Waals surface area contributed by atoms with Crippen molar-refractivity contribution >= 4 is 12.6 Å². The maximum absolute atomic E-state index is 12.9. The van der Waals surface area contributed by atoms with Gasteiger partial charge in [0.05, 0.1) is 0 Å². The summed E-state index contributed by atoms with van der Waals surface area (Å²) in [5.41, 5.74) is 0.121. The fourth-order valence-corrected chi connectivity index (χ4v) is 1.79. The number of halogens is 2. The van der Waals surface area contributed by atoms with Crippen LogP contribution in [-0.4, -0.2) is 36.2 Å². The molecular weight excluding hydrogens is 204 g/mol. The van der Waals surface area contributed by atoms with Gasteiger partial charge in [0.25, 0.3) is 5.92 Å². The zero-order valence-corrected chi connectivity index (χ0v) is 9.79. The number of piperidine rings is 1. The topological polar surface area (TPSA) is 3.24 Å². The fourth-order valence-electron chi connectivity index (χ4n) is 1.69. The molecule has 1 fully saturated rings. The number of rotatable bonds is 3. The third kappa shape index (κ3) is 3.73. The first kappa shape index (κ1) is 12.2. The molecule has 1 aliphatic rings. The molecule has 4 heteroatoms. The highest BCUT2D eigenvalue weighted by molar-refractivity contribution is 7.80. The van der Waals surface area contributed by atoms with E-state index in [0.717, 1.165) is 12.3 Å². The Hall–Kier alpha value is 0.170. The Bertz CT molecular complexity index is 185. The smallest absolute Gasteiger partial charge is 0.250 e. The Morgan fingerprint density at radius 1 is 1.29 bits per heavy atom. The van der Waals surface area contributed by atoms with Crippen molar-refractivity contribution in [3.8, 4) is 0 Å². The van der Waals surface area contributed by atoms with E-state index in [4.69, 9.17) is 0 Å². The minimum absolute atomic E-state index is 0.00957. The van der Waals surface area contributed by atoms with Crippen LogP contribution >= 0.6 is 12.6 Å². The van der Waals surface area contributed by atoms with E-state index in [1.54, 1.807) is 0 Å². The molecule has 0 aliphatic carbocycles. The Balaban J connectivity index is 2.36. The third-order valence-electron chi connectivity index (χ3n) is 2.67. The van der Waals surface area contributed by atoms with Crippen LogP contribution < -0.4 is 0 Å². The van der Waals surface area contributed by atoms with Gasteiger partial charge in [-0.25, -0.2) is 8.78 Å². The number of likely N-dealkylation sites (tertiary alicyclic amines) is 1. The molecule has 1 rings (SSSR count). The van der Waals surface area contributed by atoms with Crippen LogP contribution in [0.25, 0.3) is 0 Å². The first-order chi connectivity index (χ1) is 6.35. The molecule has 1 saturated heterocycles. The Labute approximate surface area is 90.3 Å². The number of hydrogen-bond donors (Lipinski definition) is 1. The third-order valence-corrected chi connectivity index (χ3v) is 3.52. The van der Waals surface area contributed by atoms with Crippen molar-refractivity contribution in [2.75, 3.05) is 25.4 Å². The van der Waals surface area contributed by atoms with Crippen molar-refractivity contribution in [3.05, 3.63) is 0 Å². The second-order valence-electron chi connectivity index (χ2n) is 4.95. The van der Waals surface area contributed by atoms with Crippen molar-refractivity contribution in [1.82, 2.24) is 4.90 Å². The number of alkyl halides is 2. The van der Waals surface area contributed by atoms with Gasteiger partial charge in [0, 0.05) is 32.5 Å². The summed E-state index contributed by atoms with van der Waals surface area (Å²) in [5, 5.41) is 0. The summed E-state index contributed by atoms with van der Waals surface area (Å²) in [5.74, 6) is -1.64. The van der Waals surface area contributed by atoms with E-state index >= 15 is 0 Å².